The van der Waals surface area contributed by atoms with Crippen LogP contribution in [0.4, 0.5) is 0 Å². The zero-order chi connectivity index (χ0) is 10.6. The molecule has 0 bridgehead atoms. The summed E-state index contributed by atoms with van der Waals surface area (Å²) in [6, 6.07) is 0. The second-order valence-electron chi connectivity index (χ2n) is 3.68. The fourth-order valence-corrected chi connectivity index (χ4v) is 1.61. The summed E-state index contributed by atoms with van der Waals surface area (Å²) in [6.45, 7) is 3.87. The van der Waals surface area contributed by atoms with Crippen LogP contribution in [-0.4, -0.2) is 11.7 Å². The van der Waals surface area contributed by atoms with Gasteiger partial charge in [0.25, 0.3) is 0 Å². The topological polar surface area (TPSA) is 46.2 Å². The molecule has 1 amide bonds. The number of hydrogen-bond donors (Lipinski definition) is 1. The van der Waals surface area contributed by atoms with Gasteiger partial charge in [-0.05, 0) is 19.8 Å². The van der Waals surface area contributed by atoms with Gasteiger partial charge in [-0.15, -0.1) is 0 Å². The zero-order valence-corrected chi connectivity index (χ0v) is 8.85. The van der Waals surface area contributed by atoms with Crippen LogP contribution in [0.5, 0.6) is 0 Å². The molecular weight excluding hydrogens is 178 g/mol. The Bertz CT molecular complexity index is 279. The van der Waals surface area contributed by atoms with E-state index < -0.39 is 0 Å². The highest BCUT2D eigenvalue weighted by atomic mass is 16.2. The number of nitrogens with one attached hydrogen (secondary N) is 1. The van der Waals surface area contributed by atoms with Crippen LogP contribution < -0.4 is 5.32 Å². The molecule has 14 heavy (non-hydrogen) atoms. The molecule has 0 radical (unpaired) electrons. The number of ketones is 1. The molecule has 0 aromatic rings. The highest BCUT2D eigenvalue weighted by Gasteiger charge is 2.19. The summed E-state index contributed by atoms with van der Waals surface area (Å²) >= 11 is 0. The van der Waals surface area contributed by atoms with E-state index in [1.807, 2.05) is 0 Å². The van der Waals surface area contributed by atoms with E-state index in [1.54, 1.807) is 6.92 Å². The number of rotatable bonds is 4. The van der Waals surface area contributed by atoms with Crippen molar-refractivity contribution < 1.29 is 9.59 Å². The molecule has 1 N–H and O–H groups in total. The zero-order valence-electron chi connectivity index (χ0n) is 8.85. The van der Waals surface area contributed by atoms with Gasteiger partial charge in [0.15, 0.2) is 5.78 Å². The second-order valence-corrected chi connectivity index (χ2v) is 3.68. The predicted octanol–water partition coefficient (Wildman–Crippen LogP) is 1.93. The average molecular weight is 195 g/mol. The number of carbonyl (C=O) groups excluding carboxylic acids is 2. The molecule has 0 fully saturated rings. The fourth-order valence-electron chi connectivity index (χ4n) is 1.61. The first-order valence-electron chi connectivity index (χ1n) is 5.18. The molecule has 0 atom stereocenters. The number of unbranched alkanes of at least 4 members (excludes halogenated alkanes) is 1. The Morgan fingerprint density at radius 2 is 2.14 bits per heavy atom. The number of amides is 1. The molecule has 0 unspecified atom stereocenters. The van der Waals surface area contributed by atoms with Crippen LogP contribution in [-0.2, 0) is 9.59 Å². The van der Waals surface area contributed by atoms with E-state index in [0.717, 1.165) is 24.1 Å². The summed E-state index contributed by atoms with van der Waals surface area (Å²) in [7, 11) is 0. The fraction of sp³-hybridized carbons (Fsp3) is 0.636. The lowest BCUT2D eigenvalue weighted by Gasteiger charge is -2.17. The summed E-state index contributed by atoms with van der Waals surface area (Å²) in [5.74, 6) is 0.221. The monoisotopic (exact) mass is 195 g/mol. The third kappa shape index (κ3) is 2.69. The van der Waals surface area contributed by atoms with Gasteiger partial charge in [-0.25, -0.2) is 0 Å². The lowest BCUT2D eigenvalue weighted by molar-refractivity contribution is -0.121. The van der Waals surface area contributed by atoms with Crippen molar-refractivity contribution in [3.05, 3.63) is 11.3 Å². The van der Waals surface area contributed by atoms with Crippen molar-refractivity contribution in [2.24, 2.45) is 0 Å². The van der Waals surface area contributed by atoms with Gasteiger partial charge in [-0.1, -0.05) is 13.3 Å². The summed E-state index contributed by atoms with van der Waals surface area (Å²) in [5.41, 5.74) is 1.57. The summed E-state index contributed by atoms with van der Waals surface area (Å²) in [4.78, 5) is 22.7. The molecule has 0 spiro atoms. The van der Waals surface area contributed by atoms with Crippen molar-refractivity contribution in [1.82, 2.24) is 5.32 Å². The van der Waals surface area contributed by atoms with Gasteiger partial charge in [0.1, 0.15) is 0 Å². The maximum Gasteiger partial charge on any atom is 0.224 e. The Morgan fingerprint density at radius 1 is 1.43 bits per heavy atom. The maximum atomic E-state index is 11.7. The van der Waals surface area contributed by atoms with Crippen molar-refractivity contribution in [2.75, 3.05) is 0 Å². The molecule has 0 saturated carbocycles. The first-order valence-corrected chi connectivity index (χ1v) is 5.18. The van der Waals surface area contributed by atoms with E-state index in [9.17, 15) is 9.59 Å². The van der Waals surface area contributed by atoms with Gasteiger partial charge in [0.2, 0.25) is 5.91 Å². The average Bonchev–Trinajstić information content (AvgIpc) is 2.14. The number of hydrogen-bond acceptors (Lipinski definition) is 2. The normalized spacial score (nSPS) is 16.9. The Morgan fingerprint density at radius 3 is 2.71 bits per heavy atom. The predicted molar refractivity (Wildman–Crippen MR) is 54.6 cm³/mol. The van der Waals surface area contributed by atoms with Gasteiger partial charge in [0, 0.05) is 24.1 Å². The van der Waals surface area contributed by atoms with Crippen LogP contribution in [0.1, 0.15) is 46.0 Å². The Hall–Kier alpha value is -1.12. The maximum absolute atomic E-state index is 11.7. The van der Waals surface area contributed by atoms with Crippen LogP contribution in [0.3, 0.4) is 0 Å². The molecular formula is C11H17NO2. The van der Waals surface area contributed by atoms with E-state index in [4.69, 9.17) is 0 Å². The van der Waals surface area contributed by atoms with Crippen LogP contribution in [0.25, 0.3) is 0 Å². The minimum atomic E-state index is 0.0227. The second kappa shape index (κ2) is 4.94. The van der Waals surface area contributed by atoms with Crippen molar-refractivity contribution in [1.29, 1.82) is 0 Å². The van der Waals surface area contributed by atoms with E-state index >= 15 is 0 Å². The van der Waals surface area contributed by atoms with Crippen LogP contribution in [0, 0.1) is 0 Å². The SMILES string of the molecule is CCCCC(=O)C1=C(C)NC(=O)CC1. The number of carbonyl (C=O) groups is 2. The van der Waals surface area contributed by atoms with Crippen LogP contribution >= 0.6 is 0 Å². The largest absolute Gasteiger partial charge is 0.330 e. The van der Waals surface area contributed by atoms with Crippen molar-refractivity contribution in [3.63, 3.8) is 0 Å². The summed E-state index contributed by atoms with van der Waals surface area (Å²) in [5, 5.41) is 2.71. The lowest BCUT2D eigenvalue weighted by atomic mass is 9.97. The van der Waals surface area contributed by atoms with Gasteiger partial charge in [-0.3, -0.25) is 9.59 Å². The lowest BCUT2D eigenvalue weighted by Crippen LogP contribution is -2.28. The third-order valence-electron chi connectivity index (χ3n) is 2.48. The minimum Gasteiger partial charge on any atom is -0.330 e. The van der Waals surface area contributed by atoms with Gasteiger partial charge >= 0.3 is 0 Å². The van der Waals surface area contributed by atoms with Crippen LogP contribution in [0.15, 0.2) is 11.3 Å². The minimum absolute atomic E-state index is 0.0227. The quantitative estimate of drug-likeness (QED) is 0.745. The molecule has 0 aliphatic carbocycles. The molecule has 1 aliphatic rings. The number of allylic oxidation sites excluding steroid dienone is 2. The van der Waals surface area contributed by atoms with Gasteiger partial charge in [0.05, 0.1) is 0 Å². The first-order chi connectivity index (χ1) is 6.65. The molecule has 0 aromatic carbocycles. The van der Waals surface area contributed by atoms with E-state index in [2.05, 4.69) is 12.2 Å². The molecule has 3 nitrogen and oxygen atoms in total. The molecule has 78 valence electrons. The highest BCUT2D eigenvalue weighted by Crippen LogP contribution is 2.18. The molecule has 0 aromatic heterocycles. The van der Waals surface area contributed by atoms with Crippen molar-refractivity contribution in [2.45, 2.75) is 46.0 Å². The van der Waals surface area contributed by atoms with Crippen molar-refractivity contribution in [3.8, 4) is 0 Å². The number of Topliss-reactive ketones (excluding diaryl/α,β-unsaturated/α-hetero) is 1. The van der Waals surface area contributed by atoms with E-state index in [-0.39, 0.29) is 11.7 Å². The molecule has 0 saturated heterocycles. The van der Waals surface area contributed by atoms with E-state index in [0.29, 0.717) is 19.3 Å². The van der Waals surface area contributed by atoms with E-state index in [1.165, 1.54) is 0 Å². The Kier molecular flexibility index (Phi) is 3.86. The van der Waals surface area contributed by atoms with Crippen LogP contribution in [0.2, 0.25) is 0 Å². The molecule has 1 aliphatic heterocycles. The highest BCUT2D eigenvalue weighted by molar-refractivity contribution is 5.98. The first kappa shape index (κ1) is 11.0. The standard InChI is InChI=1S/C11H17NO2/c1-3-4-5-10(13)9-6-7-11(14)12-8(9)2/h3-7H2,1-2H3,(H,12,14). The molecule has 3 heteroatoms. The smallest absolute Gasteiger partial charge is 0.224 e. The van der Waals surface area contributed by atoms with Crippen molar-refractivity contribution >= 4 is 11.7 Å². The summed E-state index contributed by atoms with van der Waals surface area (Å²) in [6.07, 6.45) is 3.64. The summed E-state index contributed by atoms with van der Waals surface area (Å²) < 4.78 is 0. The Labute approximate surface area is 84.6 Å². The molecule has 1 rings (SSSR count). The third-order valence-corrected chi connectivity index (χ3v) is 2.48. The van der Waals surface area contributed by atoms with Gasteiger partial charge < -0.3 is 5.32 Å². The molecule has 1 heterocycles. The van der Waals surface area contributed by atoms with Gasteiger partial charge in [-0.2, -0.15) is 0 Å². The Balaban J connectivity index is 2.62.